The van der Waals surface area contributed by atoms with Gasteiger partial charge in [-0.3, -0.25) is 0 Å². The van der Waals surface area contributed by atoms with Crippen LogP contribution in [0.5, 0.6) is 0 Å². The first kappa shape index (κ1) is 14.5. The summed E-state index contributed by atoms with van der Waals surface area (Å²) >= 11 is 0. The first-order valence-electron chi connectivity index (χ1n) is 6.23. The van der Waals surface area contributed by atoms with Crippen LogP contribution in [0.15, 0.2) is 36.4 Å². The van der Waals surface area contributed by atoms with Gasteiger partial charge in [-0.1, -0.05) is 6.07 Å². The molecule has 0 aliphatic heterocycles. The first-order chi connectivity index (χ1) is 10.0. The number of nitrogens with two attached hydrogens (primary N) is 1. The van der Waals surface area contributed by atoms with Crippen molar-refractivity contribution in [3.8, 4) is 6.07 Å². The predicted molar refractivity (Wildman–Crippen MR) is 75.8 cm³/mol. The summed E-state index contributed by atoms with van der Waals surface area (Å²) in [5, 5.41) is 8.66. The van der Waals surface area contributed by atoms with Gasteiger partial charge in [0, 0.05) is 11.3 Å². The monoisotopic (exact) mass is 284 g/mol. The Kier molecular flexibility index (Phi) is 4.19. The quantitative estimate of drug-likeness (QED) is 0.694. The molecule has 0 radical (unpaired) electrons. The van der Waals surface area contributed by atoms with Crippen LogP contribution >= 0.6 is 0 Å². The fourth-order valence-corrected chi connectivity index (χ4v) is 1.76. The van der Waals surface area contributed by atoms with Gasteiger partial charge in [-0.2, -0.15) is 5.26 Å². The minimum atomic E-state index is -0.574. The molecule has 5 heteroatoms. The highest BCUT2D eigenvalue weighted by molar-refractivity contribution is 5.90. The van der Waals surface area contributed by atoms with Gasteiger partial charge >= 0.3 is 5.97 Å². The third-order valence-electron chi connectivity index (χ3n) is 3.05. The number of nitrogens with zero attached hydrogens (tertiary/aromatic N) is 1. The van der Waals surface area contributed by atoms with E-state index in [9.17, 15) is 9.18 Å². The highest BCUT2D eigenvalue weighted by Gasteiger charge is 2.11. The second kappa shape index (κ2) is 6.06. The molecule has 0 bridgehead atoms. The normalized spacial score (nSPS) is 9.95. The largest absolute Gasteiger partial charge is 0.457 e. The lowest BCUT2D eigenvalue weighted by Gasteiger charge is -2.07. The van der Waals surface area contributed by atoms with Crippen LogP contribution in [0.1, 0.15) is 27.0 Å². The van der Waals surface area contributed by atoms with E-state index in [0.717, 1.165) is 11.6 Å². The molecule has 106 valence electrons. The van der Waals surface area contributed by atoms with Gasteiger partial charge in [-0.05, 0) is 42.8 Å². The molecule has 0 aliphatic carbocycles. The number of benzene rings is 2. The third-order valence-corrected chi connectivity index (χ3v) is 3.05. The lowest BCUT2D eigenvalue weighted by molar-refractivity contribution is 0.0469. The summed E-state index contributed by atoms with van der Waals surface area (Å²) in [7, 11) is 0. The number of hydrogen-bond acceptors (Lipinski definition) is 4. The van der Waals surface area contributed by atoms with Crippen LogP contribution in [-0.2, 0) is 11.3 Å². The zero-order valence-electron chi connectivity index (χ0n) is 11.4. The van der Waals surface area contributed by atoms with Crippen molar-refractivity contribution in [3.63, 3.8) is 0 Å². The van der Waals surface area contributed by atoms with Crippen molar-refractivity contribution in [3.05, 3.63) is 64.5 Å². The van der Waals surface area contributed by atoms with E-state index in [1.807, 2.05) is 6.07 Å². The van der Waals surface area contributed by atoms with Gasteiger partial charge in [-0.25, -0.2) is 9.18 Å². The molecule has 0 spiro atoms. The number of ether oxygens (including phenoxy) is 1. The minimum absolute atomic E-state index is 0.195. The van der Waals surface area contributed by atoms with E-state index in [2.05, 4.69) is 0 Å². The number of carbonyl (C=O) groups is 1. The summed E-state index contributed by atoms with van der Waals surface area (Å²) in [5.41, 5.74) is 7.83. The van der Waals surface area contributed by atoms with Gasteiger partial charge in [0.15, 0.2) is 0 Å². The maximum atomic E-state index is 13.6. The van der Waals surface area contributed by atoms with Crippen LogP contribution in [0.25, 0.3) is 0 Å². The summed E-state index contributed by atoms with van der Waals surface area (Å²) in [4.78, 5) is 11.9. The van der Waals surface area contributed by atoms with Crippen LogP contribution in [0, 0.1) is 24.1 Å². The number of esters is 1. The zero-order valence-corrected chi connectivity index (χ0v) is 11.4. The topological polar surface area (TPSA) is 76.1 Å². The van der Waals surface area contributed by atoms with Crippen LogP contribution < -0.4 is 5.73 Å². The van der Waals surface area contributed by atoms with Crippen LogP contribution in [-0.4, -0.2) is 5.97 Å². The van der Waals surface area contributed by atoms with Crippen molar-refractivity contribution in [2.45, 2.75) is 13.5 Å². The SMILES string of the molecule is Cc1cc(C(=O)OCc2ccc(C#N)cc2F)ccc1N. The smallest absolute Gasteiger partial charge is 0.338 e. The molecule has 0 heterocycles. The molecule has 0 saturated carbocycles. The Balaban J connectivity index is 2.07. The second-order valence-electron chi connectivity index (χ2n) is 4.57. The van der Waals surface area contributed by atoms with Gasteiger partial charge in [-0.15, -0.1) is 0 Å². The van der Waals surface area contributed by atoms with Gasteiger partial charge in [0.1, 0.15) is 12.4 Å². The van der Waals surface area contributed by atoms with Crippen LogP contribution in [0.4, 0.5) is 10.1 Å². The predicted octanol–water partition coefficient (Wildman–Crippen LogP) is 2.95. The average Bonchev–Trinajstić information content (AvgIpc) is 2.48. The summed E-state index contributed by atoms with van der Waals surface area (Å²) in [6.07, 6.45) is 0. The van der Waals surface area contributed by atoms with E-state index < -0.39 is 11.8 Å². The summed E-state index contributed by atoms with van der Waals surface area (Å²) in [6, 6.07) is 10.6. The van der Waals surface area contributed by atoms with Gasteiger partial charge in [0.25, 0.3) is 0 Å². The summed E-state index contributed by atoms with van der Waals surface area (Å²) in [6.45, 7) is 1.59. The molecule has 0 aliphatic rings. The van der Waals surface area contributed by atoms with Crippen molar-refractivity contribution >= 4 is 11.7 Å². The number of carbonyl (C=O) groups excluding carboxylic acids is 1. The van der Waals surface area contributed by atoms with E-state index in [-0.39, 0.29) is 17.7 Å². The number of hydrogen-bond donors (Lipinski definition) is 1. The minimum Gasteiger partial charge on any atom is -0.457 e. The highest BCUT2D eigenvalue weighted by Crippen LogP contribution is 2.15. The van der Waals surface area contributed by atoms with Gasteiger partial charge in [0.2, 0.25) is 0 Å². The average molecular weight is 284 g/mol. The Bertz CT molecular complexity index is 736. The number of nitrogen functional groups attached to an aromatic ring is 1. The molecule has 2 rings (SSSR count). The lowest BCUT2D eigenvalue weighted by atomic mass is 10.1. The van der Waals surface area contributed by atoms with E-state index in [0.29, 0.717) is 11.3 Å². The zero-order chi connectivity index (χ0) is 15.4. The maximum absolute atomic E-state index is 13.6. The lowest BCUT2D eigenvalue weighted by Crippen LogP contribution is -2.07. The number of anilines is 1. The number of aryl methyl sites for hydroxylation is 1. The molecule has 0 aromatic heterocycles. The molecule has 0 atom stereocenters. The fourth-order valence-electron chi connectivity index (χ4n) is 1.76. The van der Waals surface area contributed by atoms with Crippen LogP contribution in [0.3, 0.4) is 0 Å². The fraction of sp³-hybridized carbons (Fsp3) is 0.125. The molecule has 0 amide bonds. The highest BCUT2D eigenvalue weighted by atomic mass is 19.1. The van der Waals surface area contributed by atoms with Crippen molar-refractivity contribution in [2.24, 2.45) is 0 Å². The number of halogens is 1. The molecule has 0 saturated heterocycles. The molecule has 2 aromatic rings. The second-order valence-corrected chi connectivity index (χ2v) is 4.57. The molecule has 4 nitrogen and oxygen atoms in total. The third kappa shape index (κ3) is 3.37. The first-order valence-corrected chi connectivity index (χ1v) is 6.23. The Morgan fingerprint density at radius 1 is 1.33 bits per heavy atom. The van der Waals surface area contributed by atoms with E-state index in [1.54, 1.807) is 25.1 Å². The number of rotatable bonds is 3. The Morgan fingerprint density at radius 2 is 2.10 bits per heavy atom. The van der Waals surface area contributed by atoms with E-state index >= 15 is 0 Å². The molecule has 0 fully saturated rings. The molecule has 0 unspecified atom stereocenters. The van der Waals surface area contributed by atoms with Gasteiger partial charge in [0.05, 0.1) is 17.2 Å². The Morgan fingerprint density at radius 3 is 2.71 bits per heavy atom. The van der Waals surface area contributed by atoms with Crippen LogP contribution in [0.2, 0.25) is 0 Å². The molecule has 21 heavy (non-hydrogen) atoms. The van der Waals surface area contributed by atoms with Crippen molar-refractivity contribution in [2.75, 3.05) is 5.73 Å². The summed E-state index contributed by atoms with van der Waals surface area (Å²) < 4.78 is 18.7. The van der Waals surface area contributed by atoms with E-state index in [4.69, 9.17) is 15.7 Å². The molecular weight excluding hydrogens is 271 g/mol. The van der Waals surface area contributed by atoms with Gasteiger partial charge < -0.3 is 10.5 Å². The maximum Gasteiger partial charge on any atom is 0.338 e. The number of nitriles is 1. The molecular formula is C16H13FN2O2. The standard InChI is InChI=1S/C16H13FN2O2/c1-10-6-12(4-5-15(10)19)16(20)21-9-13-3-2-11(8-18)7-14(13)17/h2-7H,9,19H2,1H3. The summed E-state index contributed by atoms with van der Waals surface area (Å²) in [5.74, 6) is -1.13. The van der Waals surface area contributed by atoms with E-state index in [1.165, 1.54) is 12.1 Å². The van der Waals surface area contributed by atoms with Crippen molar-refractivity contribution < 1.29 is 13.9 Å². The van der Waals surface area contributed by atoms with Crippen molar-refractivity contribution in [1.29, 1.82) is 5.26 Å². The molecule has 2 N–H and O–H groups in total. The Labute approximate surface area is 121 Å². The van der Waals surface area contributed by atoms with Crippen molar-refractivity contribution in [1.82, 2.24) is 0 Å². The molecule has 2 aromatic carbocycles. The Hall–Kier alpha value is -2.87.